The highest BCUT2D eigenvalue weighted by Crippen LogP contribution is 2.29. The van der Waals surface area contributed by atoms with Gasteiger partial charge in [-0.3, -0.25) is 9.88 Å². The Morgan fingerprint density at radius 1 is 1.53 bits per heavy atom. The van der Waals surface area contributed by atoms with E-state index in [1.807, 2.05) is 12.3 Å². The Morgan fingerprint density at radius 2 is 2.32 bits per heavy atom. The standard InChI is InChI=1S/C15H25N3O/c1-11-6-8-18(10-14(11)19-3)15(12(2)16)13-5-4-7-17-9-13/h4-5,7,9,11-12,14-15H,6,8,10,16H2,1-3H3. The van der Waals surface area contributed by atoms with Crippen LogP contribution in [0.15, 0.2) is 24.5 Å². The number of likely N-dealkylation sites (tertiary alicyclic amines) is 1. The fourth-order valence-electron chi connectivity index (χ4n) is 3.02. The van der Waals surface area contributed by atoms with Crippen LogP contribution in [0.25, 0.3) is 0 Å². The van der Waals surface area contributed by atoms with Gasteiger partial charge in [0.15, 0.2) is 0 Å². The van der Waals surface area contributed by atoms with Crippen LogP contribution in [0.2, 0.25) is 0 Å². The summed E-state index contributed by atoms with van der Waals surface area (Å²) in [5.74, 6) is 0.615. The van der Waals surface area contributed by atoms with Gasteiger partial charge in [-0.15, -0.1) is 0 Å². The zero-order valence-electron chi connectivity index (χ0n) is 12.1. The molecule has 1 aliphatic heterocycles. The molecule has 1 saturated heterocycles. The number of rotatable bonds is 4. The molecule has 0 bridgehead atoms. The van der Waals surface area contributed by atoms with E-state index in [-0.39, 0.29) is 12.1 Å². The molecule has 1 fully saturated rings. The first-order chi connectivity index (χ1) is 9.13. The van der Waals surface area contributed by atoms with Crippen molar-refractivity contribution in [2.45, 2.75) is 38.5 Å². The van der Waals surface area contributed by atoms with E-state index in [0.717, 1.165) is 19.5 Å². The topological polar surface area (TPSA) is 51.4 Å². The van der Waals surface area contributed by atoms with E-state index in [4.69, 9.17) is 10.5 Å². The monoisotopic (exact) mass is 263 g/mol. The Morgan fingerprint density at radius 3 is 2.89 bits per heavy atom. The highest BCUT2D eigenvalue weighted by atomic mass is 16.5. The van der Waals surface area contributed by atoms with Crippen LogP contribution in [-0.2, 0) is 4.74 Å². The summed E-state index contributed by atoms with van der Waals surface area (Å²) in [6, 6.07) is 4.39. The minimum absolute atomic E-state index is 0.0788. The Balaban J connectivity index is 2.16. The van der Waals surface area contributed by atoms with Crippen LogP contribution in [0.4, 0.5) is 0 Å². The molecule has 4 heteroatoms. The number of nitrogens with zero attached hydrogens (tertiary/aromatic N) is 2. The van der Waals surface area contributed by atoms with Crippen molar-refractivity contribution in [3.8, 4) is 0 Å². The van der Waals surface area contributed by atoms with Crippen molar-refractivity contribution >= 4 is 0 Å². The van der Waals surface area contributed by atoms with Gasteiger partial charge in [0.2, 0.25) is 0 Å². The highest BCUT2D eigenvalue weighted by Gasteiger charge is 2.32. The van der Waals surface area contributed by atoms with Crippen molar-refractivity contribution < 1.29 is 4.74 Å². The number of methoxy groups -OCH3 is 1. The number of aromatic nitrogens is 1. The normalized spacial score (nSPS) is 28.0. The summed E-state index contributed by atoms with van der Waals surface area (Å²) >= 11 is 0. The molecule has 4 unspecified atom stereocenters. The molecule has 106 valence electrons. The minimum Gasteiger partial charge on any atom is -0.380 e. The lowest BCUT2D eigenvalue weighted by atomic mass is 9.91. The summed E-state index contributed by atoms with van der Waals surface area (Å²) in [5, 5.41) is 0. The SMILES string of the molecule is COC1CN(C(c2cccnc2)C(C)N)CCC1C. The van der Waals surface area contributed by atoms with Gasteiger partial charge in [0.25, 0.3) is 0 Å². The Kier molecular flexibility index (Phi) is 4.91. The van der Waals surface area contributed by atoms with Crippen molar-refractivity contribution in [1.29, 1.82) is 0 Å². The average Bonchev–Trinajstić information content (AvgIpc) is 2.41. The van der Waals surface area contributed by atoms with E-state index < -0.39 is 0 Å². The maximum atomic E-state index is 6.21. The third kappa shape index (κ3) is 3.32. The maximum Gasteiger partial charge on any atom is 0.0724 e. The molecule has 4 atom stereocenters. The summed E-state index contributed by atoms with van der Waals surface area (Å²) in [4.78, 5) is 6.66. The van der Waals surface area contributed by atoms with E-state index in [9.17, 15) is 0 Å². The highest BCUT2D eigenvalue weighted by molar-refractivity contribution is 5.16. The third-order valence-electron chi connectivity index (χ3n) is 4.14. The average molecular weight is 263 g/mol. The molecule has 0 radical (unpaired) electrons. The van der Waals surface area contributed by atoms with E-state index in [2.05, 4.69) is 29.8 Å². The van der Waals surface area contributed by atoms with Crippen molar-refractivity contribution in [2.24, 2.45) is 11.7 Å². The molecule has 2 heterocycles. The molecule has 0 aliphatic carbocycles. The number of nitrogens with two attached hydrogens (primary N) is 1. The van der Waals surface area contributed by atoms with Crippen LogP contribution in [0.3, 0.4) is 0 Å². The van der Waals surface area contributed by atoms with Gasteiger partial charge in [-0.25, -0.2) is 0 Å². The second kappa shape index (κ2) is 6.46. The van der Waals surface area contributed by atoms with Crippen LogP contribution in [-0.4, -0.2) is 42.2 Å². The second-order valence-corrected chi connectivity index (χ2v) is 5.63. The lowest BCUT2D eigenvalue weighted by Gasteiger charge is -2.42. The quantitative estimate of drug-likeness (QED) is 0.900. The van der Waals surface area contributed by atoms with E-state index in [1.165, 1.54) is 5.56 Å². The molecule has 2 N–H and O–H groups in total. The van der Waals surface area contributed by atoms with E-state index in [0.29, 0.717) is 12.0 Å². The number of hydrogen-bond donors (Lipinski definition) is 1. The molecule has 0 saturated carbocycles. The van der Waals surface area contributed by atoms with Gasteiger partial charge in [0.05, 0.1) is 12.1 Å². The summed E-state index contributed by atoms with van der Waals surface area (Å²) in [5.41, 5.74) is 7.41. The van der Waals surface area contributed by atoms with Crippen molar-refractivity contribution in [3.05, 3.63) is 30.1 Å². The van der Waals surface area contributed by atoms with E-state index >= 15 is 0 Å². The van der Waals surface area contributed by atoms with Gasteiger partial charge in [0, 0.05) is 32.1 Å². The maximum absolute atomic E-state index is 6.21. The molecule has 1 aromatic rings. The van der Waals surface area contributed by atoms with Crippen molar-refractivity contribution in [1.82, 2.24) is 9.88 Å². The third-order valence-corrected chi connectivity index (χ3v) is 4.14. The molecule has 0 amide bonds. The number of piperidine rings is 1. The first-order valence-electron chi connectivity index (χ1n) is 7.05. The lowest BCUT2D eigenvalue weighted by Crippen LogP contribution is -2.49. The molecular formula is C15H25N3O. The molecule has 1 aromatic heterocycles. The van der Waals surface area contributed by atoms with Crippen molar-refractivity contribution in [3.63, 3.8) is 0 Å². The smallest absolute Gasteiger partial charge is 0.0724 e. The molecule has 0 aromatic carbocycles. The fourth-order valence-corrected chi connectivity index (χ4v) is 3.02. The summed E-state index contributed by atoms with van der Waals surface area (Å²) < 4.78 is 5.60. The first kappa shape index (κ1) is 14.4. The predicted octanol–water partition coefficient (Wildman–Crippen LogP) is 1.83. The first-order valence-corrected chi connectivity index (χ1v) is 7.05. The largest absolute Gasteiger partial charge is 0.380 e. The number of ether oxygens (including phenoxy) is 1. The zero-order chi connectivity index (χ0) is 13.8. The Bertz CT molecular complexity index is 382. The van der Waals surface area contributed by atoms with E-state index in [1.54, 1.807) is 13.3 Å². The Labute approximate surface area is 116 Å². The molecule has 19 heavy (non-hydrogen) atoms. The zero-order valence-corrected chi connectivity index (χ0v) is 12.1. The fraction of sp³-hybridized carbons (Fsp3) is 0.667. The van der Waals surface area contributed by atoms with Crippen LogP contribution in [0.1, 0.15) is 31.9 Å². The number of pyridine rings is 1. The van der Waals surface area contributed by atoms with Crippen LogP contribution in [0, 0.1) is 5.92 Å². The van der Waals surface area contributed by atoms with Crippen LogP contribution >= 0.6 is 0 Å². The summed E-state index contributed by atoms with van der Waals surface area (Å²) in [7, 11) is 1.80. The van der Waals surface area contributed by atoms with Gasteiger partial charge in [-0.2, -0.15) is 0 Å². The molecular weight excluding hydrogens is 238 g/mol. The van der Waals surface area contributed by atoms with Crippen LogP contribution in [0.5, 0.6) is 0 Å². The van der Waals surface area contributed by atoms with Gasteiger partial charge in [-0.1, -0.05) is 13.0 Å². The summed E-state index contributed by atoms with van der Waals surface area (Å²) in [6.07, 6.45) is 5.18. The minimum atomic E-state index is 0.0788. The molecule has 2 rings (SSSR count). The molecule has 0 spiro atoms. The summed E-state index contributed by atoms with van der Waals surface area (Å²) in [6.45, 7) is 6.34. The lowest BCUT2D eigenvalue weighted by molar-refractivity contribution is -0.0224. The van der Waals surface area contributed by atoms with Crippen LogP contribution < -0.4 is 5.73 Å². The van der Waals surface area contributed by atoms with Gasteiger partial charge in [-0.05, 0) is 37.4 Å². The van der Waals surface area contributed by atoms with Gasteiger partial charge >= 0.3 is 0 Å². The number of hydrogen-bond acceptors (Lipinski definition) is 4. The van der Waals surface area contributed by atoms with Crippen molar-refractivity contribution in [2.75, 3.05) is 20.2 Å². The second-order valence-electron chi connectivity index (χ2n) is 5.63. The van der Waals surface area contributed by atoms with Gasteiger partial charge in [0.1, 0.15) is 0 Å². The molecule has 1 aliphatic rings. The Hall–Kier alpha value is -0.970. The molecule has 4 nitrogen and oxygen atoms in total. The van der Waals surface area contributed by atoms with Gasteiger partial charge < -0.3 is 10.5 Å². The predicted molar refractivity (Wildman–Crippen MR) is 76.8 cm³/mol.